The molecular formula is C21H28N2O8. The highest BCUT2D eigenvalue weighted by Crippen LogP contribution is 2.16. The summed E-state index contributed by atoms with van der Waals surface area (Å²) in [6.07, 6.45) is -0.871. The molecule has 0 saturated carbocycles. The van der Waals surface area contributed by atoms with Crippen LogP contribution in [0.3, 0.4) is 0 Å². The van der Waals surface area contributed by atoms with Crippen molar-refractivity contribution in [1.82, 2.24) is 10.2 Å². The largest absolute Gasteiger partial charge is 0.482 e. The number of piperidine rings is 1. The van der Waals surface area contributed by atoms with E-state index in [2.05, 4.69) is 5.32 Å². The monoisotopic (exact) mass is 436 g/mol. The summed E-state index contributed by atoms with van der Waals surface area (Å²) >= 11 is 0. The fraction of sp³-hybridized carbons (Fsp3) is 0.524. The Hall–Kier alpha value is -3.14. The number of nitrogens with one attached hydrogen (secondary N) is 1. The molecule has 10 heteroatoms. The van der Waals surface area contributed by atoms with Crippen LogP contribution in [0.15, 0.2) is 24.3 Å². The molecule has 2 amide bonds. The third-order valence-corrected chi connectivity index (χ3v) is 4.74. The highest BCUT2D eigenvalue weighted by atomic mass is 16.6. The first-order chi connectivity index (χ1) is 14.8. The van der Waals surface area contributed by atoms with Crippen molar-refractivity contribution >= 4 is 23.8 Å². The van der Waals surface area contributed by atoms with Crippen LogP contribution in [0.4, 0.5) is 4.79 Å². The highest BCUT2D eigenvalue weighted by Gasteiger charge is 2.26. The maximum atomic E-state index is 12.3. The van der Waals surface area contributed by atoms with Crippen LogP contribution in [0.5, 0.6) is 5.75 Å². The van der Waals surface area contributed by atoms with Crippen LogP contribution in [-0.2, 0) is 19.1 Å². The molecule has 1 heterocycles. The maximum absolute atomic E-state index is 12.3. The van der Waals surface area contributed by atoms with E-state index in [-0.39, 0.29) is 31.6 Å². The number of ketones is 1. The minimum Gasteiger partial charge on any atom is -0.482 e. The summed E-state index contributed by atoms with van der Waals surface area (Å²) in [5.41, 5.74) is 0.387. The molecule has 1 aliphatic heterocycles. The van der Waals surface area contributed by atoms with Gasteiger partial charge < -0.3 is 29.5 Å². The van der Waals surface area contributed by atoms with Crippen molar-refractivity contribution in [2.45, 2.75) is 38.9 Å². The molecule has 1 atom stereocenters. The van der Waals surface area contributed by atoms with Gasteiger partial charge in [-0.3, -0.25) is 9.59 Å². The number of nitrogens with zero attached hydrogens (tertiary/aromatic N) is 1. The van der Waals surface area contributed by atoms with Crippen LogP contribution >= 0.6 is 0 Å². The molecule has 1 aliphatic rings. The minimum atomic E-state index is -0.957. The van der Waals surface area contributed by atoms with Crippen molar-refractivity contribution in [2.75, 3.05) is 32.8 Å². The smallest absolute Gasteiger partial charge is 0.407 e. The van der Waals surface area contributed by atoms with Gasteiger partial charge in [-0.1, -0.05) is 0 Å². The van der Waals surface area contributed by atoms with Crippen LogP contribution < -0.4 is 10.1 Å². The lowest BCUT2D eigenvalue weighted by atomic mass is 10.1. The van der Waals surface area contributed by atoms with E-state index >= 15 is 0 Å². The number of Topliss-reactive ketones (excluding diaryl/α,β-unsaturated/α-hetero) is 1. The Bertz CT molecular complexity index is 772. The molecule has 170 valence electrons. The van der Waals surface area contributed by atoms with Gasteiger partial charge in [0.25, 0.3) is 0 Å². The van der Waals surface area contributed by atoms with Crippen molar-refractivity contribution < 1.29 is 38.5 Å². The number of hydrogen-bond donors (Lipinski definition) is 2. The second kappa shape index (κ2) is 11.9. The summed E-state index contributed by atoms with van der Waals surface area (Å²) in [4.78, 5) is 48.0. The second-order valence-electron chi connectivity index (χ2n) is 7.01. The van der Waals surface area contributed by atoms with Crippen molar-refractivity contribution in [1.29, 1.82) is 0 Å². The van der Waals surface area contributed by atoms with Gasteiger partial charge >= 0.3 is 12.1 Å². The molecule has 0 aliphatic carbocycles. The third kappa shape index (κ3) is 7.89. The number of carbonyl (C=O) groups is 4. The predicted molar refractivity (Wildman–Crippen MR) is 109 cm³/mol. The van der Waals surface area contributed by atoms with Crippen molar-refractivity contribution in [2.24, 2.45) is 0 Å². The first-order valence-electron chi connectivity index (χ1n) is 10.1. The summed E-state index contributed by atoms with van der Waals surface area (Å²) in [6, 6.07) is 6.21. The van der Waals surface area contributed by atoms with Gasteiger partial charge in [0.2, 0.25) is 5.91 Å². The molecule has 2 N–H and O–H groups in total. The van der Waals surface area contributed by atoms with Crippen LogP contribution in [-0.4, -0.2) is 78.8 Å². The van der Waals surface area contributed by atoms with E-state index in [9.17, 15) is 19.2 Å². The van der Waals surface area contributed by atoms with Gasteiger partial charge in [0, 0.05) is 18.7 Å². The lowest BCUT2D eigenvalue weighted by Crippen LogP contribution is -2.44. The molecule has 2 rings (SSSR count). The zero-order valence-electron chi connectivity index (χ0n) is 17.7. The molecule has 1 aromatic rings. The summed E-state index contributed by atoms with van der Waals surface area (Å²) < 4.78 is 15.7. The molecule has 0 unspecified atom stereocenters. The van der Waals surface area contributed by atoms with Gasteiger partial charge in [-0.25, -0.2) is 9.59 Å². The maximum Gasteiger partial charge on any atom is 0.407 e. The van der Waals surface area contributed by atoms with E-state index < -0.39 is 24.1 Å². The van der Waals surface area contributed by atoms with E-state index in [1.807, 2.05) is 0 Å². The number of ether oxygens (including phenoxy) is 3. The molecule has 31 heavy (non-hydrogen) atoms. The number of amides is 2. The quantitative estimate of drug-likeness (QED) is 0.416. The Morgan fingerprint density at radius 2 is 1.81 bits per heavy atom. The number of benzene rings is 1. The standard InChI is InChI=1S/C21H28N2O8/c1-3-29-19(25)13-30-16-6-4-15(5-7-16)18(24)12-22-20(26)14(2)31-17-8-10-23(11-9-17)21(27)28/h4-7,14,17H,3,8-13H2,1-2H3,(H,22,26)(H,27,28)/t14-/m0/s1. The van der Waals surface area contributed by atoms with Crippen LogP contribution in [0.2, 0.25) is 0 Å². The molecule has 0 aromatic heterocycles. The van der Waals surface area contributed by atoms with Crippen LogP contribution in [0.1, 0.15) is 37.0 Å². The molecule has 1 fully saturated rings. The number of likely N-dealkylation sites (tertiary alicyclic amines) is 1. The van der Waals surface area contributed by atoms with Crippen LogP contribution in [0.25, 0.3) is 0 Å². The molecule has 1 saturated heterocycles. The molecular weight excluding hydrogens is 408 g/mol. The van der Waals surface area contributed by atoms with Gasteiger partial charge in [0.05, 0.1) is 19.3 Å². The van der Waals surface area contributed by atoms with Crippen LogP contribution in [0, 0.1) is 0 Å². The Morgan fingerprint density at radius 3 is 2.39 bits per heavy atom. The number of rotatable bonds is 10. The van der Waals surface area contributed by atoms with E-state index in [1.165, 1.54) is 4.90 Å². The number of carboxylic acid groups (broad SMARTS) is 1. The summed E-state index contributed by atoms with van der Waals surface area (Å²) in [6.45, 7) is 3.90. The van der Waals surface area contributed by atoms with Gasteiger partial charge in [0.1, 0.15) is 11.9 Å². The van der Waals surface area contributed by atoms with Crippen molar-refractivity contribution in [3.05, 3.63) is 29.8 Å². The summed E-state index contributed by atoms with van der Waals surface area (Å²) in [5, 5.41) is 11.5. The predicted octanol–water partition coefficient (Wildman–Crippen LogP) is 1.47. The first kappa shape index (κ1) is 24.1. The Morgan fingerprint density at radius 1 is 1.16 bits per heavy atom. The lowest BCUT2D eigenvalue weighted by Gasteiger charge is -2.31. The molecule has 0 radical (unpaired) electrons. The number of esters is 1. The van der Waals surface area contributed by atoms with Gasteiger partial charge in [0.15, 0.2) is 12.4 Å². The summed E-state index contributed by atoms with van der Waals surface area (Å²) in [5.74, 6) is -0.755. The fourth-order valence-corrected chi connectivity index (χ4v) is 3.03. The van der Waals surface area contributed by atoms with Crippen molar-refractivity contribution in [3.63, 3.8) is 0 Å². The lowest BCUT2D eigenvalue weighted by molar-refractivity contribution is -0.145. The second-order valence-corrected chi connectivity index (χ2v) is 7.01. The van der Waals surface area contributed by atoms with E-state index in [0.717, 1.165) is 0 Å². The zero-order chi connectivity index (χ0) is 22.8. The van der Waals surface area contributed by atoms with E-state index in [4.69, 9.17) is 19.3 Å². The van der Waals surface area contributed by atoms with Gasteiger partial charge in [-0.2, -0.15) is 0 Å². The Balaban J connectivity index is 1.72. The Kier molecular flexibility index (Phi) is 9.26. The molecule has 0 bridgehead atoms. The topological polar surface area (TPSA) is 131 Å². The first-order valence-corrected chi connectivity index (χ1v) is 10.1. The minimum absolute atomic E-state index is 0.187. The van der Waals surface area contributed by atoms with E-state index in [1.54, 1.807) is 38.1 Å². The molecule has 0 spiro atoms. The average molecular weight is 436 g/mol. The zero-order valence-corrected chi connectivity index (χ0v) is 17.7. The Labute approximate surface area is 180 Å². The van der Waals surface area contributed by atoms with Gasteiger partial charge in [-0.05, 0) is 51.0 Å². The highest BCUT2D eigenvalue weighted by molar-refractivity contribution is 5.99. The molecule has 10 nitrogen and oxygen atoms in total. The summed E-state index contributed by atoms with van der Waals surface area (Å²) in [7, 11) is 0. The fourth-order valence-electron chi connectivity index (χ4n) is 3.03. The van der Waals surface area contributed by atoms with E-state index in [0.29, 0.717) is 37.2 Å². The third-order valence-electron chi connectivity index (χ3n) is 4.74. The number of carbonyl (C=O) groups excluding carboxylic acids is 3. The van der Waals surface area contributed by atoms with Gasteiger partial charge in [-0.15, -0.1) is 0 Å². The number of hydrogen-bond acceptors (Lipinski definition) is 7. The average Bonchev–Trinajstić information content (AvgIpc) is 2.76. The SMILES string of the molecule is CCOC(=O)COc1ccc(C(=O)CNC(=O)[C@H](C)OC2CCN(C(=O)O)CC2)cc1. The molecule has 1 aromatic carbocycles. The normalized spacial score (nSPS) is 15.1. The van der Waals surface area contributed by atoms with Crippen molar-refractivity contribution in [3.8, 4) is 5.75 Å².